The molecule has 1 N–H and O–H groups in total. The van der Waals surface area contributed by atoms with Crippen molar-refractivity contribution in [1.29, 1.82) is 0 Å². The van der Waals surface area contributed by atoms with Crippen molar-refractivity contribution in [2.24, 2.45) is 0 Å². The summed E-state index contributed by atoms with van der Waals surface area (Å²) in [6.07, 6.45) is 4.94. The van der Waals surface area contributed by atoms with Crippen molar-refractivity contribution >= 4 is 22.6 Å². The predicted octanol–water partition coefficient (Wildman–Crippen LogP) is 3.03. The number of hydrogen-bond donors (Lipinski definition) is 1. The van der Waals surface area contributed by atoms with Crippen LogP contribution >= 0.6 is 11.3 Å². The van der Waals surface area contributed by atoms with Gasteiger partial charge in [-0.15, -0.1) is 11.3 Å². The minimum Gasteiger partial charge on any atom is -0.444 e. The molecule has 1 saturated heterocycles. The molecule has 2 rings (SSSR count). The van der Waals surface area contributed by atoms with Gasteiger partial charge in [-0.25, -0.2) is 9.78 Å². The third kappa shape index (κ3) is 4.37. The predicted molar refractivity (Wildman–Crippen MR) is 81.3 cm³/mol. The number of thiazole rings is 1. The van der Waals surface area contributed by atoms with Gasteiger partial charge in [0.1, 0.15) is 5.60 Å². The fraction of sp³-hybridized carbons (Fsp3) is 0.714. The molecule has 0 unspecified atom stereocenters. The van der Waals surface area contributed by atoms with Crippen LogP contribution in [0.15, 0.2) is 11.6 Å². The van der Waals surface area contributed by atoms with Crippen molar-refractivity contribution < 1.29 is 9.53 Å². The maximum Gasteiger partial charge on any atom is 0.407 e. The zero-order valence-electron chi connectivity index (χ0n) is 12.4. The van der Waals surface area contributed by atoms with Gasteiger partial charge in [-0.2, -0.15) is 0 Å². The third-order valence-corrected chi connectivity index (χ3v) is 3.98. The summed E-state index contributed by atoms with van der Waals surface area (Å²) in [7, 11) is 0. The highest BCUT2D eigenvalue weighted by Gasteiger charge is 2.25. The van der Waals surface area contributed by atoms with Crippen LogP contribution in [0, 0.1) is 0 Å². The Morgan fingerprint density at radius 2 is 2.35 bits per heavy atom. The highest BCUT2D eigenvalue weighted by atomic mass is 32.1. The van der Waals surface area contributed by atoms with Crippen molar-refractivity contribution in [3.05, 3.63) is 11.6 Å². The molecule has 0 aromatic carbocycles. The smallest absolute Gasteiger partial charge is 0.407 e. The summed E-state index contributed by atoms with van der Waals surface area (Å²) in [5.41, 5.74) is -0.453. The van der Waals surface area contributed by atoms with Gasteiger partial charge in [0.25, 0.3) is 0 Å². The maximum atomic E-state index is 11.7. The number of ether oxygens (including phenoxy) is 1. The number of piperidine rings is 1. The number of amides is 1. The van der Waals surface area contributed by atoms with Crippen LogP contribution in [-0.2, 0) is 4.74 Å². The highest BCUT2D eigenvalue weighted by molar-refractivity contribution is 7.13. The summed E-state index contributed by atoms with van der Waals surface area (Å²) in [4.78, 5) is 18.4. The monoisotopic (exact) mass is 297 g/mol. The molecule has 0 radical (unpaired) electrons. The lowest BCUT2D eigenvalue weighted by atomic mass is 10.0. The first-order valence-electron chi connectivity index (χ1n) is 7.09. The number of carbonyl (C=O) groups excluding carboxylic acids is 1. The fourth-order valence-electron chi connectivity index (χ4n) is 2.34. The lowest BCUT2D eigenvalue weighted by molar-refractivity contribution is 0.0523. The summed E-state index contributed by atoms with van der Waals surface area (Å²) in [6.45, 7) is 7.22. The minimum atomic E-state index is -0.453. The molecular formula is C14H23N3O2S. The van der Waals surface area contributed by atoms with Crippen molar-refractivity contribution in [3.8, 4) is 0 Å². The van der Waals surface area contributed by atoms with E-state index in [0.29, 0.717) is 12.6 Å². The summed E-state index contributed by atoms with van der Waals surface area (Å²) in [5.74, 6) is 0. The standard InChI is InChI=1S/C14H23N3O2S/c1-14(2,3)19-13(18)16-10-11-6-4-5-8-17(11)12-15-7-9-20-12/h7,9,11H,4-6,8,10H2,1-3H3,(H,16,18)/t11-/m1/s1. The molecule has 0 bridgehead atoms. The van der Waals surface area contributed by atoms with Gasteiger partial charge in [0.15, 0.2) is 5.13 Å². The summed E-state index contributed by atoms with van der Waals surface area (Å²) < 4.78 is 5.27. The summed E-state index contributed by atoms with van der Waals surface area (Å²) >= 11 is 1.65. The summed E-state index contributed by atoms with van der Waals surface area (Å²) in [6, 6.07) is 0.308. The lowest BCUT2D eigenvalue weighted by Gasteiger charge is -2.35. The first-order chi connectivity index (χ1) is 9.46. The van der Waals surface area contributed by atoms with E-state index in [2.05, 4.69) is 15.2 Å². The van der Waals surface area contributed by atoms with E-state index < -0.39 is 5.60 Å². The van der Waals surface area contributed by atoms with Crippen LogP contribution < -0.4 is 10.2 Å². The molecule has 1 atom stereocenters. The number of aromatic nitrogens is 1. The number of nitrogens with one attached hydrogen (secondary N) is 1. The molecule has 0 aliphatic carbocycles. The topological polar surface area (TPSA) is 54.5 Å². The molecule has 6 heteroatoms. The molecule has 1 aliphatic rings. The van der Waals surface area contributed by atoms with E-state index >= 15 is 0 Å². The van der Waals surface area contributed by atoms with Gasteiger partial charge < -0.3 is 15.0 Å². The Kier molecular flexibility index (Phi) is 4.86. The van der Waals surface area contributed by atoms with Crippen LogP contribution in [0.2, 0.25) is 0 Å². The Balaban J connectivity index is 1.88. The average Bonchev–Trinajstić information content (AvgIpc) is 2.88. The Bertz CT molecular complexity index is 428. The van der Waals surface area contributed by atoms with Gasteiger partial charge in [0.05, 0.1) is 0 Å². The second-order valence-corrected chi connectivity index (χ2v) is 6.91. The Labute approximate surface area is 124 Å². The normalized spacial score (nSPS) is 19.8. The van der Waals surface area contributed by atoms with Crippen molar-refractivity contribution in [2.75, 3.05) is 18.0 Å². The second-order valence-electron chi connectivity index (χ2n) is 6.04. The molecular weight excluding hydrogens is 274 g/mol. The average molecular weight is 297 g/mol. The SMILES string of the molecule is CC(C)(C)OC(=O)NC[C@H]1CCCCN1c1nccs1. The van der Waals surface area contributed by atoms with Crippen LogP contribution in [0.3, 0.4) is 0 Å². The zero-order chi connectivity index (χ0) is 14.6. The van der Waals surface area contributed by atoms with Crippen LogP contribution in [0.25, 0.3) is 0 Å². The fourth-order valence-corrected chi connectivity index (χ4v) is 3.08. The van der Waals surface area contributed by atoms with Gasteiger partial charge in [-0.1, -0.05) is 0 Å². The second kappa shape index (κ2) is 6.43. The minimum absolute atomic E-state index is 0.308. The van der Waals surface area contributed by atoms with Gasteiger partial charge in [0.2, 0.25) is 0 Å². The molecule has 1 amide bonds. The Morgan fingerprint density at radius 3 is 3.00 bits per heavy atom. The number of alkyl carbamates (subject to hydrolysis) is 1. The van der Waals surface area contributed by atoms with Crippen LogP contribution in [0.1, 0.15) is 40.0 Å². The molecule has 20 heavy (non-hydrogen) atoms. The first-order valence-corrected chi connectivity index (χ1v) is 7.97. The van der Waals surface area contributed by atoms with E-state index in [-0.39, 0.29) is 6.09 Å². The molecule has 5 nitrogen and oxygen atoms in total. The molecule has 1 aromatic heterocycles. The molecule has 1 fully saturated rings. The molecule has 0 spiro atoms. The summed E-state index contributed by atoms with van der Waals surface area (Å²) in [5, 5.41) is 5.91. The Morgan fingerprint density at radius 1 is 1.55 bits per heavy atom. The van der Waals surface area contributed by atoms with Crippen LogP contribution in [-0.4, -0.2) is 35.8 Å². The van der Waals surface area contributed by atoms with Gasteiger partial charge in [0, 0.05) is 30.7 Å². The largest absolute Gasteiger partial charge is 0.444 e. The van der Waals surface area contributed by atoms with E-state index in [1.54, 1.807) is 11.3 Å². The van der Waals surface area contributed by atoms with Crippen LogP contribution in [0.5, 0.6) is 0 Å². The number of rotatable bonds is 3. The number of hydrogen-bond acceptors (Lipinski definition) is 5. The van der Waals surface area contributed by atoms with Crippen LogP contribution in [0.4, 0.5) is 9.93 Å². The van der Waals surface area contributed by atoms with Crippen molar-refractivity contribution in [2.45, 2.75) is 51.7 Å². The Hall–Kier alpha value is -1.30. The highest BCUT2D eigenvalue weighted by Crippen LogP contribution is 2.26. The maximum absolute atomic E-state index is 11.7. The first kappa shape index (κ1) is 15.1. The lowest BCUT2D eigenvalue weighted by Crippen LogP contribution is -2.47. The quantitative estimate of drug-likeness (QED) is 0.931. The molecule has 112 valence electrons. The number of anilines is 1. The van der Waals surface area contributed by atoms with Gasteiger partial charge >= 0.3 is 6.09 Å². The molecule has 1 aromatic rings. The zero-order valence-corrected chi connectivity index (χ0v) is 13.2. The van der Waals surface area contributed by atoms with E-state index in [0.717, 1.165) is 18.1 Å². The molecule has 2 heterocycles. The van der Waals surface area contributed by atoms with E-state index in [4.69, 9.17) is 4.74 Å². The van der Waals surface area contributed by atoms with Gasteiger partial charge in [-0.3, -0.25) is 0 Å². The van der Waals surface area contributed by atoms with E-state index in [1.807, 2.05) is 32.3 Å². The number of nitrogens with zero attached hydrogens (tertiary/aromatic N) is 2. The molecule has 1 aliphatic heterocycles. The number of carbonyl (C=O) groups is 1. The van der Waals surface area contributed by atoms with Crippen molar-refractivity contribution in [3.63, 3.8) is 0 Å². The van der Waals surface area contributed by atoms with E-state index in [9.17, 15) is 4.79 Å². The van der Waals surface area contributed by atoms with Gasteiger partial charge in [-0.05, 0) is 40.0 Å². The molecule has 0 saturated carbocycles. The van der Waals surface area contributed by atoms with Crippen molar-refractivity contribution in [1.82, 2.24) is 10.3 Å². The van der Waals surface area contributed by atoms with E-state index in [1.165, 1.54) is 12.8 Å². The third-order valence-electron chi connectivity index (χ3n) is 3.17.